The van der Waals surface area contributed by atoms with Gasteiger partial charge in [-0.1, -0.05) is 43.2 Å². The van der Waals surface area contributed by atoms with Crippen molar-refractivity contribution in [2.45, 2.75) is 139 Å². The molecule has 18 heteroatoms. The Bertz CT molecular complexity index is 2120. The van der Waals surface area contributed by atoms with E-state index in [1.54, 1.807) is 24.3 Å². The highest BCUT2D eigenvalue weighted by molar-refractivity contribution is 7.91. The number of fused-ring (bicyclic) bond motifs is 3. The van der Waals surface area contributed by atoms with E-state index in [1.807, 2.05) is 39.0 Å². The molecule has 2 aliphatic heterocycles. The fraction of sp³-hybridized carbons (Fsp3) is 0.595. The summed E-state index contributed by atoms with van der Waals surface area (Å²) in [4.78, 5) is 85.4. The van der Waals surface area contributed by atoms with E-state index in [1.165, 1.54) is 4.90 Å². The van der Waals surface area contributed by atoms with Crippen LogP contribution < -0.4 is 25.4 Å². The van der Waals surface area contributed by atoms with Crippen molar-refractivity contribution in [3.05, 3.63) is 48.2 Å². The highest BCUT2D eigenvalue weighted by Gasteiger charge is 2.62. The number of esters is 1. The van der Waals surface area contributed by atoms with Gasteiger partial charge in [0.05, 0.1) is 11.9 Å². The molecular formula is C42H56N6O11S. The number of aromatic nitrogens is 1. The van der Waals surface area contributed by atoms with Crippen molar-refractivity contribution in [2.75, 3.05) is 13.2 Å². The minimum absolute atomic E-state index is 0.0571. The van der Waals surface area contributed by atoms with Crippen molar-refractivity contribution >= 4 is 56.6 Å². The number of hydrogen-bond donors (Lipinski definition) is 5. The average molecular weight is 853 g/mol. The summed E-state index contributed by atoms with van der Waals surface area (Å²) >= 11 is 0. The SMILES string of the molecule is CC(C)(C)OC(=O)CCCCCOc1cccc2ccc(C(=O)N[C@@H]3C[C@H]4C(=O)N[C@]5(C(=O)NS(=O)(=O)C6CC6)C[C@H]5/C=C\CCCCC[C@H](NC(=O)O)C(=O)N4C3)nc12. The molecule has 1 aromatic heterocycles. The van der Waals surface area contributed by atoms with Crippen LogP contribution in [0.4, 0.5) is 4.79 Å². The molecule has 1 aromatic carbocycles. The van der Waals surface area contributed by atoms with Crippen molar-refractivity contribution in [2.24, 2.45) is 5.92 Å². The first kappa shape index (κ1) is 44.3. The lowest BCUT2D eigenvalue weighted by molar-refractivity contribution is -0.155. The molecule has 0 spiro atoms. The molecule has 5 atom stereocenters. The Morgan fingerprint density at radius 1 is 1.00 bits per heavy atom. The predicted octanol–water partition coefficient (Wildman–Crippen LogP) is 3.85. The molecule has 1 saturated heterocycles. The zero-order chi connectivity index (χ0) is 43.2. The molecule has 5 N–H and O–H groups in total. The van der Waals surface area contributed by atoms with Crippen molar-refractivity contribution in [3.63, 3.8) is 0 Å². The van der Waals surface area contributed by atoms with Gasteiger partial charge in [-0.15, -0.1) is 0 Å². The van der Waals surface area contributed by atoms with Crippen LogP contribution in [-0.4, -0.2) is 107 Å². The third kappa shape index (κ3) is 11.3. The van der Waals surface area contributed by atoms with Gasteiger partial charge in [-0.25, -0.2) is 18.2 Å². The lowest BCUT2D eigenvalue weighted by Gasteiger charge is -2.29. The van der Waals surface area contributed by atoms with Gasteiger partial charge in [-0.2, -0.15) is 0 Å². The van der Waals surface area contributed by atoms with Crippen LogP contribution in [-0.2, 0) is 33.9 Å². The van der Waals surface area contributed by atoms with Crippen LogP contribution in [0.1, 0.15) is 115 Å². The van der Waals surface area contributed by atoms with Crippen molar-refractivity contribution in [1.29, 1.82) is 0 Å². The Kier molecular flexibility index (Phi) is 13.7. The normalized spacial score (nSPS) is 25.4. The molecule has 2 aliphatic carbocycles. The maximum absolute atomic E-state index is 14.2. The van der Waals surface area contributed by atoms with Crippen LogP contribution in [0, 0.1) is 5.92 Å². The van der Waals surface area contributed by atoms with Crippen LogP contribution in [0.25, 0.3) is 10.9 Å². The first-order chi connectivity index (χ1) is 28.5. The molecule has 5 amide bonds. The molecule has 4 aliphatic rings. The van der Waals surface area contributed by atoms with Gasteiger partial charge in [0, 0.05) is 30.3 Å². The standard InChI is InChI=1S/C42H56N6O11S/c1-41(2,3)59-34(49)17-10-7-11-22-58-33-16-12-13-26-18-21-30(44-35(26)33)36(50)43-28-23-32-37(51)46-42(39(53)47-60(56,57)29-19-20-29)24-27(42)14-8-5-4-6-9-15-31(45-40(54)55)38(52)48(32)25-28/h8,12-14,16,18,21,27-29,31-32,45H,4-7,9-11,15,17,19-20,22-25H2,1-3H3,(H,43,50)(H,46,51)(H,47,53)(H,54,55)/b14-8-/t27-,28-,31+,32+,42-/m1/s1. The van der Waals surface area contributed by atoms with Crippen LogP contribution in [0.15, 0.2) is 42.5 Å². The molecule has 326 valence electrons. The number of benzene rings is 1. The highest BCUT2D eigenvalue weighted by Crippen LogP contribution is 2.46. The van der Waals surface area contributed by atoms with E-state index < -0.39 is 80.2 Å². The zero-order valence-electron chi connectivity index (χ0n) is 34.4. The van der Waals surface area contributed by atoms with Crippen LogP contribution >= 0.6 is 0 Å². The van der Waals surface area contributed by atoms with Crippen molar-refractivity contribution in [3.8, 4) is 5.75 Å². The maximum atomic E-state index is 14.2. The third-order valence-corrected chi connectivity index (χ3v) is 13.0. The fourth-order valence-corrected chi connectivity index (χ4v) is 9.16. The lowest BCUT2D eigenvalue weighted by Crippen LogP contribution is -2.58. The number of pyridine rings is 1. The van der Waals surface area contributed by atoms with Gasteiger partial charge in [-0.3, -0.25) is 28.7 Å². The number of hydrogen-bond acceptors (Lipinski definition) is 11. The summed E-state index contributed by atoms with van der Waals surface area (Å²) < 4.78 is 39.2. The van der Waals surface area contributed by atoms with Crippen LogP contribution in [0.5, 0.6) is 5.75 Å². The number of ether oxygens (including phenoxy) is 2. The first-order valence-electron chi connectivity index (χ1n) is 20.9. The summed E-state index contributed by atoms with van der Waals surface area (Å²) in [6.45, 7) is 5.69. The molecule has 17 nitrogen and oxygen atoms in total. The number of carbonyl (C=O) groups excluding carboxylic acids is 5. The van der Waals surface area contributed by atoms with Gasteiger partial charge in [0.25, 0.3) is 11.8 Å². The second-order valence-electron chi connectivity index (χ2n) is 17.2. The number of para-hydroxylation sites is 1. The molecular weight excluding hydrogens is 797 g/mol. The van der Waals surface area contributed by atoms with E-state index in [0.29, 0.717) is 69.2 Å². The highest BCUT2D eigenvalue weighted by atomic mass is 32.2. The molecule has 2 aromatic rings. The second-order valence-corrected chi connectivity index (χ2v) is 19.2. The van der Waals surface area contributed by atoms with Gasteiger partial charge >= 0.3 is 12.1 Å². The third-order valence-electron chi connectivity index (χ3n) is 11.1. The lowest BCUT2D eigenvalue weighted by atomic mass is 10.0. The summed E-state index contributed by atoms with van der Waals surface area (Å²) in [7, 11) is -3.94. The minimum Gasteiger partial charge on any atom is -0.491 e. The fourth-order valence-electron chi connectivity index (χ4n) is 7.80. The van der Waals surface area contributed by atoms with E-state index >= 15 is 0 Å². The Balaban J connectivity index is 1.16. The minimum atomic E-state index is -3.94. The van der Waals surface area contributed by atoms with E-state index in [2.05, 4.69) is 25.7 Å². The molecule has 3 fully saturated rings. The van der Waals surface area contributed by atoms with Gasteiger partial charge < -0.3 is 35.4 Å². The first-order valence-corrected chi connectivity index (χ1v) is 22.4. The smallest absolute Gasteiger partial charge is 0.405 e. The van der Waals surface area contributed by atoms with E-state index in [-0.39, 0.29) is 37.5 Å². The molecule has 0 unspecified atom stereocenters. The number of carboxylic acid groups (broad SMARTS) is 1. The average Bonchev–Trinajstić information content (AvgIpc) is 4.10. The molecule has 6 rings (SSSR count). The van der Waals surface area contributed by atoms with Crippen molar-refractivity contribution < 1.29 is 51.8 Å². The summed E-state index contributed by atoms with van der Waals surface area (Å²) in [6, 6.07) is 5.51. The molecule has 2 saturated carbocycles. The number of unbranched alkanes of at least 4 members (excludes halogenated alkanes) is 2. The number of carbonyl (C=O) groups is 6. The molecule has 0 bridgehead atoms. The Hall–Kier alpha value is -5.26. The number of rotatable bonds is 13. The summed E-state index contributed by atoms with van der Waals surface area (Å²) in [5.41, 5.74) is -1.59. The predicted molar refractivity (Wildman–Crippen MR) is 219 cm³/mol. The van der Waals surface area contributed by atoms with Gasteiger partial charge in [0.1, 0.15) is 40.2 Å². The van der Waals surface area contributed by atoms with Crippen molar-refractivity contribution in [1.82, 2.24) is 30.6 Å². The largest absolute Gasteiger partial charge is 0.491 e. The van der Waals surface area contributed by atoms with E-state index in [0.717, 1.165) is 18.2 Å². The van der Waals surface area contributed by atoms with Crippen LogP contribution in [0.3, 0.4) is 0 Å². The zero-order valence-corrected chi connectivity index (χ0v) is 35.2. The summed E-state index contributed by atoms with van der Waals surface area (Å²) in [6.07, 6.45) is 8.39. The van der Waals surface area contributed by atoms with E-state index in [4.69, 9.17) is 9.47 Å². The van der Waals surface area contributed by atoms with Gasteiger partial charge in [0.2, 0.25) is 21.8 Å². The number of nitrogens with zero attached hydrogens (tertiary/aromatic N) is 2. The molecule has 0 radical (unpaired) electrons. The summed E-state index contributed by atoms with van der Waals surface area (Å²) in [5, 5.41) is 17.7. The second kappa shape index (κ2) is 18.6. The van der Waals surface area contributed by atoms with Gasteiger partial charge in [0.15, 0.2) is 0 Å². The van der Waals surface area contributed by atoms with E-state index in [9.17, 15) is 42.3 Å². The topological polar surface area (TPSA) is 239 Å². The molecule has 60 heavy (non-hydrogen) atoms. The Labute approximate surface area is 349 Å². The summed E-state index contributed by atoms with van der Waals surface area (Å²) in [5.74, 6) is -3.07. The Morgan fingerprint density at radius 3 is 2.52 bits per heavy atom. The van der Waals surface area contributed by atoms with Crippen LogP contribution in [0.2, 0.25) is 0 Å². The quantitative estimate of drug-likeness (QED) is 0.110. The molecule has 3 heterocycles. The maximum Gasteiger partial charge on any atom is 0.405 e. The number of allylic oxidation sites excluding steroid dienone is 1. The number of nitrogens with one attached hydrogen (secondary N) is 4. The monoisotopic (exact) mass is 852 g/mol. The Morgan fingerprint density at radius 2 is 1.78 bits per heavy atom. The van der Waals surface area contributed by atoms with Gasteiger partial charge in [-0.05, 0) is 97.1 Å². The number of amides is 5. The number of sulfonamides is 1.